The lowest BCUT2D eigenvalue weighted by Crippen LogP contribution is -2.44. The molecule has 0 unspecified atom stereocenters. The number of hydrogen-bond acceptors (Lipinski definition) is 5. The molecule has 4 aromatic rings. The predicted molar refractivity (Wildman–Crippen MR) is 136 cm³/mol. The Morgan fingerprint density at radius 1 is 1.13 bits per heavy atom. The second kappa shape index (κ2) is 10.0. The summed E-state index contributed by atoms with van der Waals surface area (Å²) in [5.74, 6) is -2.46. The van der Waals surface area contributed by atoms with E-state index in [9.17, 15) is 23.2 Å². The van der Waals surface area contributed by atoms with Crippen LogP contribution < -0.4 is 11.1 Å². The number of rotatable bonds is 6. The van der Waals surface area contributed by atoms with Crippen LogP contribution in [0.3, 0.4) is 0 Å². The molecule has 1 fully saturated rings. The van der Waals surface area contributed by atoms with E-state index in [4.69, 9.17) is 5.73 Å². The van der Waals surface area contributed by atoms with E-state index in [0.29, 0.717) is 16.5 Å². The maximum absolute atomic E-state index is 14.4. The molecule has 3 N–H and O–H groups in total. The highest BCUT2D eigenvalue weighted by atomic mass is 19.1. The van der Waals surface area contributed by atoms with Gasteiger partial charge in [-0.3, -0.25) is 14.4 Å². The molecule has 1 aliphatic heterocycles. The number of carbonyl (C=O) groups excluding carboxylic acids is 3. The lowest BCUT2D eigenvalue weighted by atomic mass is 10.0. The van der Waals surface area contributed by atoms with E-state index in [1.807, 2.05) is 0 Å². The van der Waals surface area contributed by atoms with Crippen molar-refractivity contribution < 1.29 is 23.2 Å². The van der Waals surface area contributed by atoms with Crippen LogP contribution in [0.1, 0.15) is 22.3 Å². The first-order valence-electron chi connectivity index (χ1n) is 11.9. The quantitative estimate of drug-likeness (QED) is 0.406. The maximum Gasteiger partial charge on any atom is 0.250 e. The fourth-order valence-corrected chi connectivity index (χ4v) is 4.76. The number of aryl methyl sites for hydroxylation is 1. The van der Waals surface area contributed by atoms with Gasteiger partial charge in [0.05, 0.1) is 17.8 Å². The van der Waals surface area contributed by atoms with E-state index < -0.39 is 35.8 Å². The number of aromatic nitrogens is 3. The van der Waals surface area contributed by atoms with Crippen LogP contribution in [-0.2, 0) is 16.1 Å². The largest absolute Gasteiger partial charge is 0.366 e. The molecule has 3 amide bonds. The molecule has 3 heterocycles. The van der Waals surface area contributed by atoms with Crippen molar-refractivity contribution in [1.82, 2.24) is 19.4 Å². The summed E-state index contributed by atoms with van der Waals surface area (Å²) in [6, 6.07) is 8.74. The minimum atomic E-state index is -1.41. The Kier molecular flexibility index (Phi) is 6.58. The number of nitrogens with zero attached hydrogens (tertiary/aromatic N) is 4. The molecule has 9 nitrogen and oxygen atoms in total. The molecule has 0 spiro atoms. The zero-order valence-corrected chi connectivity index (χ0v) is 20.4. The van der Waals surface area contributed by atoms with Crippen LogP contribution in [0.15, 0.2) is 61.3 Å². The normalized spacial score (nSPS) is 17.1. The Bertz CT molecular complexity index is 1560. The molecule has 0 aliphatic carbocycles. The molecule has 2 aromatic carbocycles. The number of primary amides is 1. The van der Waals surface area contributed by atoms with Crippen LogP contribution in [0, 0.1) is 12.7 Å². The SMILES string of the molecule is Cc1cccc(NC(=O)[C@@H]2C[C@@H](F)CN2C(=O)Cn2cc(C(N)=O)c3cc(-c4cncnc4)ccc32)c1F. The van der Waals surface area contributed by atoms with E-state index in [1.54, 1.807) is 54.2 Å². The van der Waals surface area contributed by atoms with Crippen LogP contribution in [-0.4, -0.2) is 55.9 Å². The lowest BCUT2D eigenvalue weighted by molar-refractivity contribution is -0.137. The number of hydrogen-bond donors (Lipinski definition) is 2. The van der Waals surface area contributed by atoms with Gasteiger partial charge in [-0.1, -0.05) is 18.2 Å². The van der Waals surface area contributed by atoms with Crippen molar-refractivity contribution in [3.8, 4) is 11.1 Å². The Hall–Kier alpha value is -4.67. The summed E-state index contributed by atoms with van der Waals surface area (Å²) >= 11 is 0. The first kappa shape index (κ1) is 25.0. The van der Waals surface area contributed by atoms with Gasteiger partial charge in [0, 0.05) is 41.5 Å². The number of nitrogens with one attached hydrogen (secondary N) is 1. The maximum atomic E-state index is 14.4. The fraction of sp³-hybridized carbons (Fsp3) is 0.222. The van der Waals surface area contributed by atoms with Gasteiger partial charge in [-0.05, 0) is 36.2 Å². The van der Waals surface area contributed by atoms with E-state index in [0.717, 1.165) is 16.0 Å². The second-order valence-corrected chi connectivity index (χ2v) is 9.21. The van der Waals surface area contributed by atoms with Crippen LogP contribution >= 0.6 is 0 Å². The highest BCUT2D eigenvalue weighted by Gasteiger charge is 2.40. The van der Waals surface area contributed by atoms with Gasteiger partial charge in [-0.2, -0.15) is 0 Å². The van der Waals surface area contributed by atoms with Crippen molar-refractivity contribution in [1.29, 1.82) is 0 Å². The minimum Gasteiger partial charge on any atom is -0.366 e. The number of amides is 3. The summed E-state index contributed by atoms with van der Waals surface area (Å²) in [5.41, 5.74) is 8.18. The average molecular weight is 519 g/mol. The van der Waals surface area contributed by atoms with Crippen LogP contribution in [0.2, 0.25) is 0 Å². The Morgan fingerprint density at radius 3 is 2.63 bits per heavy atom. The average Bonchev–Trinajstić information content (AvgIpc) is 3.48. The molecule has 0 radical (unpaired) electrons. The van der Waals surface area contributed by atoms with Crippen molar-refractivity contribution in [3.63, 3.8) is 0 Å². The number of nitrogens with two attached hydrogens (primary N) is 1. The van der Waals surface area contributed by atoms with Gasteiger partial charge in [0.15, 0.2) is 0 Å². The summed E-state index contributed by atoms with van der Waals surface area (Å²) in [6.07, 6.45) is 4.53. The monoisotopic (exact) mass is 518 g/mol. The summed E-state index contributed by atoms with van der Waals surface area (Å²) in [6.45, 7) is 1.03. The lowest BCUT2D eigenvalue weighted by Gasteiger charge is -2.24. The van der Waals surface area contributed by atoms with Crippen molar-refractivity contribution in [3.05, 3.63) is 78.3 Å². The summed E-state index contributed by atoms with van der Waals surface area (Å²) in [4.78, 5) is 47.6. The van der Waals surface area contributed by atoms with Gasteiger partial charge in [-0.25, -0.2) is 18.7 Å². The third-order valence-corrected chi connectivity index (χ3v) is 6.67. The zero-order chi connectivity index (χ0) is 27.0. The molecular formula is C27H24F2N6O3. The van der Waals surface area contributed by atoms with Gasteiger partial charge in [0.25, 0.3) is 5.91 Å². The van der Waals surface area contributed by atoms with Gasteiger partial charge >= 0.3 is 0 Å². The first-order chi connectivity index (χ1) is 18.2. The molecule has 2 atom stereocenters. The van der Waals surface area contributed by atoms with Crippen molar-refractivity contribution in [2.75, 3.05) is 11.9 Å². The zero-order valence-electron chi connectivity index (χ0n) is 20.4. The van der Waals surface area contributed by atoms with Gasteiger partial charge in [-0.15, -0.1) is 0 Å². The number of alkyl halides is 1. The van der Waals surface area contributed by atoms with E-state index in [1.165, 1.54) is 18.6 Å². The Labute approximate surface area is 216 Å². The second-order valence-electron chi connectivity index (χ2n) is 9.21. The smallest absolute Gasteiger partial charge is 0.250 e. The first-order valence-corrected chi connectivity index (χ1v) is 11.9. The van der Waals surface area contributed by atoms with Crippen LogP contribution in [0.25, 0.3) is 22.0 Å². The Morgan fingerprint density at radius 2 is 1.89 bits per heavy atom. The van der Waals surface area contributed by atoms with Crippen LogP contribution in [0.4, 0.5) is 14.5 Å². The van der Waals surface area contributed by atoms with Gasteiger partial charge in [0.2, 0.25) is 11.8 Å². The molecule has 1 saturated heterocycles. The van der Waals surface area contributed by atoms with Crippen LogP contribution in [0.5, 0.6) is 0 Å². The van der Waals surface area contributed by atoms with E-state index in [2.05, 4.69) is 15.3 Å². The standard InChI is InChI=1S/C27H24F2N6O3/c1-15-3-2-4-21(25(15)29)33-27(38)23-8-18(28)11-35(23)24(36)13-34-12-20(26(30)37)19-7-16(5-6-22(19)34)17-9-31-14-32-10-17/h2-7,9-10,12,14,18,23H,8,11,13H2,1H3,(H2,30,37)(H,33,38)/t18-,23+/m1/s1. The highest BCUT2D eigenvalue weighted by molar-refractivity contribution is 6.07. The fourth-order valence-electron chi connectivity index (χ4n) is 4.76. The number of benzene rings is 2. The molecule has 194 valence electrons. The summed E-state index contributed by atoms with van der Waals surface area (Å²) in [5, 5.41) is 3.01. The molecular weight excluding hydrogens is 494 g/mol. The molecule has 0 bridgehead atoms. The van der Waals surface area contributed by atoms with Crippen molar-refractivity contribution >= 4 is 34.3 Å². The number of fused-ring (bicyclic) bond motifs is 1. The van der Waals surface area contributed by atoms with E-state index in [-0.39, 0.29) is 30.8 Å². The van der Waals surface area contributed by atoms with Crippen molar-refractivity contribution in [2.45, 2.75) is 32.1 Å². The third-order valence-electron chi connectivity index (χ3n) is 6.67. The molecule has 0 saturated carbocycles. The third kappa shape index (κ3) is 4.70. The Balaban J connectivity index is 1.41. The van der Waals surface area contributed by atoms with E-state index >= 15 is 0 Å². The number of anilines is 1. The molecule has 11 heteroatoms. The summed E-state index contributed by atoms with van der Waals surface area (Å²) in [7, 11) is 0. The highest BCUT2D eigenvalue weighted by Crippen LogP contribution is 2.29. The number of halogens is 2. The molecule has 38 heavy (non-hydrogen) atoms. The van der Waals surface area contributed by atoms with Crippen molar-refractivity contribution in [2.24, 2.45) is 5.73 Å². The van der Waals surface area contributed by atoms with Gasteiger partial charge < -0.3 is 20.5 Å². The molecule has 2 aromatic heterocycles. The predicted octanol–water partition coefficient (Wildman–Crippen LogP) is 3.22. The van der Waals surface area contributed by atoms with Gasteiger partial charge in [0.1, 0.15) is 30.9 Å². The topological polar surface area (TPSA) is 123 Å². The number of carbonyl (C=O) groups is 3. The number of likely N-dealkylation sites (tertiary alicyclic amines) is 1. The molecule has 1 aliphatic rings. The molecule has 5 rings (SSSR count). The summed E-state index contributed by atoms with van der Waals surface area (Å²) < 4.78 is 30.4. The minimum absolute atomic E-state index is 0.0353.